The summed E-state index contributed by atoms with van der Waals surface area (Å²) in [7, 11) is 1.61. The zero-order valence-corrected chi connectivity index (χ0v) is 27.8. The van der Waals surface area contributed by atoms with Crippen LogP contribution in [0.5, 0.6) is 5.75 Å². The van der Waals surface area contributed by atoms with Crippen molar-refractivity contribution in [3.8, 4) is 5.75 Å². The lowest BCUT2D eigenvalue weighted by molar-refractivity contribution is -0.156. The van der Waals surface area contributed by atoms with Crippen molar-refractivity contribution in [2.75, 3.05) is 20.3 Å². The third-order valence-electron chi connectivity index (χ3n) is 8.33. The van der Waals surface area contributed by atoms with Crippen molar-refractivity contribution in [3.63, 3.8) is 0 Å². The molecule has 1 aromatic carbocycles. The summed E-state index contributed by atoms with van der Waals surface area (Å²) in [6.07, 6.45) is 11.9. The van der Waals surface area contributed by atoms with Crippen molar-refractivity contribution in [1.82, 2.24) is 21.1 Å². The number of aromatic hydroxyl groups is 1. The van der Waals surface area contributed by atoms with Crippen LogP contribution in [0.4, 0.5) is 0 Å². The minimum Gasteiger partial charge on any atom is -0.508 e. The Morgan fingerprint density at radius 3 is 2.54 bits per heavy atom. The van der Waals surface area contributed by atoms with Crippen LogP contribution in [0.25, 0.3) is 0 Å². The topological polar surface area (TPSA) is 146 Å². The Labute approximate surface area is 273 Å². The average Bonchev–Trinajstić information content (AvgIpc) is 3.03. The van der Waals surface area contributed by atoms with Gasteiger partial charge in [0, 0.05) is 26.5 Å². The van der Waals surface area contributed by atoms with Crippen molar-refractivity contribution < 1.29 is 33.8 Å². The molecule has 2 aliphatic heterocycles. The van der Waals surface area contributed by atoms with E-state index in [1.807, 2.05) is 26.8 Å². The molecule has 1 saturated heterocycles. The lowest BCUT2D eigenvalue weighted by Gasteiger charge is -2.36. The molecule has 3 rings (SSSR count). The summed E-state index contributed by atoms with van der Waals surface area (Å²) in [5.41, 5.74) is 4.61. The monoisotopic (exact) mass is 640 g/mol. The van der Waals surface area contributed by atoms with Crippen LogP contribution in [0, 0.1) is 5.92 Å². The van der Waals surface area contributed by atoms with Crippen molar-refractivity contribution in [3.05, 3.63) is 53.6 Å². The zero-order valence-electron chi connectivity index (χ0n) is 27.8. The summed E-state index contributed by atoms with van der Waals surface area (Å²) in [5, 5.41) is 17.2. The predicted molar refractivity (Wildman–Crippen MR) is 175 cm³/mol. The van der Waals surface area contributed by atoms with E-state index in [1.165, 1.54) is 11.1 Å². The van der Waals surface area contributed by atoms with Gasteiger partial charge in [-0.3, -0.25) is 24.2 Å². The molecule has 2 unspecified atom stereocenters. The quantitative estimate of drug-likeness (QED) is 0.271. The molecule has 1 aromatic rings. The second-order valence-electron chi connectivity index (χ2n) is 12.5. The number of rotatable bonds is 6. The first-order chi connectivity index (χ1) is 22.1. The molecule has 254 valence electrons. The number of benzene rings is 1. The molecule has 0 aliphatic carbocycles. The van der Waals surface area contributed by atoms with E-state index < -0.39 is 42.0 Å². The number of hydrogen-bond acceptors (Lipinski definition) is 8. The van der Waals surface area contributed by atoms with E-state index >= 15 is 0 Å². The van der Waals surface area contributed by atoms with Gasteiger partial charge in [-0.25, -0.2) is 5.43 Å². The van der Waals surface area contributed by atoms with Crippen LogP contribution < -0.4 is 16.1 Å². The molecule has 0 aromatic heterocycles. The summed E-state index contributed by atoms with van der Waals surface area (Å²) in [6, 6.07) is 3.91. The SMILES string of the molecule is COC/C=C(\C)C1CCC/C=C/CCCCC(=O)NC(C(C)C)C(=O)N[C@@H](Cc2cccc(O)c2)C(=O)N2CCC[C@H](N2)C(=O)O1. The Kier molecular flexibility index (Phi) is 15.2. The van der Waals surface area contributed by atoms with Gasteiger partial charge in [0.2, 0.25) is 11.8 Å². The van der Waals surface area contributed by atoms with Crippen LogP contribution in [-0.4, -0.2) is 78.3 Å². The van der Waals surface area contributed by atoms with Crippen LogP contribution in [0.3, 0.4) is 0 Å². The highest BCUT2D eigenvalue weighted by Crippen LogP contribution is 2.20. The molecule has 11 nitrogen and oxygen atoms in total. The number of fused-ring (bicyclic) bond motifs is 2. The molecule has 0 spiro atoms. The minimum absolute atomic E-state index is 0.0424. The molecule has 1 fully saturated rings. The number of esters is 1. The van der Waals surface area contributed by atoms with Crippen LogP contribution in [-0.2, 0) is 35.1 Å². The van der Waals surface area contributed by atoms with Gasteiger partial charge in [0.05, 0.1) is 6.61 Å². The number of carbonyl (C=O) groups excluding carboxylic acids is 4. The van der Waals surface area contributed by atoms with Crippen molar-refractivity contribution >= 4 is 23.7 Å². The number of amides is 3. The zero-order chi connectivity index (χ0) is 33.5. The first kappa shape index (κ1) is 36.8. The second kappa shape index (κ2) is 19.1. The Morgan fingerprint density at radius 2 is 1.83 bits per heavy atom. The molecule has 4 N–H and O–H groups in total. The number of nitrogens with one attached hydrogen (secondary N) is 3. The Balaban J connectivity index is 1.88. The van der Waals surface area contributed by atoms with Crippen molar-refractivity contribution in [2.24, 2.45) is 5.92 Å². The number of carbonyl (C=O) groups is 4. The van der Waals surface area contributed by atoms with E-state index in [0.717, 1.165) is 31.3 Å². The molecule has 2 bridgehead atoms. The third-order valence-corrected chi connectivity index (χ3v) is 8.33. The molecule has 0 radical (unpaired) electrons. The molecule has 2 heterocycles. The van der Waals surface area contributed by atoms with Gasteiger partial charge in [-0.2, -0.15) is 0 Å². The Bertz CT molecular complexity index is 1230. The van der Waals surface area contributed by atoms with E-state index in [1.54, 1.807) is 25.3 Å². The molecule has 0 saturated carbocycles. The molecule has 46 heavy (non-hydrogen) atoms. The lowest BCUT2D eigenvalue weighted by atomic mass is 10.00. The summed E-state index contributed by atoms with van der Waals surface area (Å²) >= 11 is 0. The number of allylic oxidation sites excluding steroid dienone is 2. The Hall–Kier alpha value is -3.70. The van der Waals surface area contributed by atoms with E-state index in [9.17, 15) is 24.3 Å². The van der Waals surface area contributed by atoms with Gasteiger partial charge in [0.25, 0.3) is 5.91 Å². The normalized spacial score (nSPS) is 25.9. The highest BCUT2D eigenvalue weighted by molar-refractivity contribution is 5.92. The summed E-state index contributed by atoms with van der Waals surface area (Å²) < 4.78 is 11.2. The molecule has 3 amide bonds. The molecular formula is C35H52N4O7. The maximum atomic E-state index is 14.0. The molecule has 4 atom stereocenters. The fourth-order valence-corrected chi connectivity index (χ4v) is 5.62. The predicted octanol–water partition coefficient (Wildman–Crippen LogP) is 3.86. The first-order valence-corrected chi connectivity index (χ1v) is 16.5. The Morgan fingerprint density at radius 1 is 1.07 bits per heavy atom. The second-order valence-corrected chi connectivity index (χ2v) is 12.5. The van der Waals surface area contributed by atoms with E-state index in [0.29, 0.717) is 50.8 Å². The van der Waals surface area contributed by atoms with E-state index in [4.69, 9.17) is 9.47 Å². The maximum absolute atomic E-state index is 14.0. The molecule has 11 heteroatoms. The number of cyclic esters (lactones) is 1. The molecular weight excluding hydrogens is 588 g/mol. The fraction of sp³-hybridized carbons (Fsp3) is 0.600. The highest BCUT2D eigenvalue weighted by Gasteiger charge is 2.35. The van der Waals surface area contributed by atoms with Gasteiger partial charge in [-0.1, -0.05) is 44.2 Å². The third kappa shape index (κ3) is 11.9. The number of methoxy groups -OCH3 is 1. The van der Waals surface area contributed by atoms with Gasteiger partial charge in [-0.05, 0) is 87.5 Å². The minimum atomic E-state index is -1.02. The maximum Gasteiger partial charge on any atom is 0.325 e. The summed E-state index contributed by atoms with van der Waals surface area (Å²) in [5.74, 6) is -1.73. The van der Waals surface area contributed by atoms with Gasteiger partial charge in [0.15, 0.2) is 0 Å². The van der Waals surface area contributed by atoms with Gasteiger partial charge in [0.1, 0.15) is 30.0 Å². The molecule has 2 aliphatic rings. The fourth-order valence-electron chi connectivity index (χ4n) is 5.62. The number of phenols is 1. The number of hydrazine groups is 1. The standard InChI is InChI=1S/C35H52N4O7/c1-24(2)32-33(42)36-29(23-26-14-12-15-27(40)22-26)34(43)39-20-13-16-28(38-39)35(44)46-30(25(3)19-21-45-4)17-10-8-6-5-7-9-11-18-31(41)37-32/h5-6,12,14-15,19,22,24,28-30,32,38,40H,7-11,13,16-18,20-21,23H2,1-4H3,(H,36,42)(H,37,41)/b6-5+,25-19+/t28-,29-,30?,32?/m0/s1. The summed E-state index contributed by atoms with van der Waals surface area (Å²) in [6.45, 7) is 6.35. The van der Waals surface area contributed by atoms with E-state index in [-0.39, 0.29) is 24.0 Å². The highest BCUT2D eigenvalue weighted by atomic mass is 16.5. The van der Waals surface area contributed by atoms with Crippen LogP contribution in [0.1, 0.15) is 84.1 Å². The van der Waals surface area contributed by atoms with Gasteiger partial charge in [-0.15, -0.1) is 0 Å². The van der Waals surface area contributed by atoms with Gasteiger partial charge < -0.3 is 25.2 Å². The van der Waals surface area contributed by atoms with Crippen molar-refractivity contribution in [2.45, 2.75) is 109 Å². The van der Waals surface area contributed by atoms with Crippen molar-refractivity contribution in [1.29, 1.82) is 0 Å². The largest absolute Gasteiger partial charge is 0.508 e. The first-order valence-electron chi connectivity index (χ1n) is 16.5. The number of ether oxygens (including phenoxy) is 2. The summed E-state index contributed by atoms with van der Waals surface area (Å²) in [4.78, 5) is 53.8. The van der Waals surface area contributed by atoms with Crippen LogP contribution in [0.2, 0.25) is 0 Å². The number of phenolic OH excluding ortho intramolecular Hbond substituents is 1. The number of hydrogen-bond donors (Lipinski definition) is 4. The smallest absolute Gasteiger partial charge is 0.325 e. The van der Waals surface area contributed by atoms with Gasteiger partial charge >= 0.3 is 5.97 Å². The van der Waals surface area contributed by atoms with E-state index in [2.05, 4.69) is 28.2 Å². The lowest BCUT2D eigenvalue weighted by Crippen LogP contribution is -2.62. The average molecular weight is 641 g/mol. The number of nitrogens with zero attached hydrogens (tertiary/aromatic N) is 1. The van der Waals surface area contributed by atoms with Crippen LogP contribution >= 0.6 is 0 Å². The van der Waals surface area contributed by atoms with Crippen LogP contribution in [0.15, 0.2) is 48.1 Å².